The predicted octanol–water partition coefficient (Wildman–Crippen LogP) is 2.61. The predicted molar refractivity (Wildman–Crippen MR) is 66.7 cm³/mol. The van der Waals surface area contributed by atoms with Crippen LogP contribution in [0.15, 0.2) is 28.7 Å². The molecule has 0 unspecified atom stereocenters. The number of aromatic hydroxyl groups is 1. The highest BCUT2D eigenvalue weighted by Gasteiger charge is 2.03. The van der Waals surface area contributed by atoms with Gasteiger partial charge in [-0.25, -0.2) is 0 Å². The van der Waals surface area contributed by atoms with Crippen LogP contribution in [0.5, 0.6) is 5.75 Å². The van der Waals surface area contributed by atoms with Crippen LogP contribution in [0.25, 0.3) is 10.9 Å². The summed E-state index contributed by atoms with van der Waals surface area (Å²) in [4.78, 5) is 4.34. The van der Waals surface area contributed by atoms with Gasteiger partial charge >= 0.3 is 0 Å². The van der Waals surface area contributed by atoms with Crippen molar-refractivity contribution >= 4 is 39.2 Å². The van der Waals surface area contributed by atoms with Gasteiger partial charge in [-0.2, -0.15) is 0 Å². The molecule has 0 atom stereocenters. The van der Waals surface area contributed by atoms with E-state index in [0.717, 1.165) is 16.6 Å². The van der Waals surface area contributed by atoms with Gasteiger partial charge in [-0.1, -0.05) is 0 Å². The molecule has 0 spiro atoms. The number of benzene rings is 1. The van der Waals surface area contributed by atoms with Gasteiger partial charge in [0.25, 0.3) is 0 Å². The molecule has 5 heteroatoms. The molecular formula is C10H11BrClNO2. The number of aromatic nitrogens is 1. The first-order chi connectivity index (χ1) is 6.18. The number of halogens is 2. The van der Waals surface area contributed by atoms with Crippen LogP contribution in [0.3, 0.4) is 0 Å². The van der Waals surface area contributed by atoms with Gasteiger partial charge in [0.1, 0.15) is 5.75 Å². The maximum absolute atomic E-state index is 9.41. The van der Waals surface area contributed by atoms with Gasteiger partial charge in [-0.05, 0) is 47.1 Å². The Bertz CT molecular complexity index is 476. The van der Waals surface area contributed by atoms with E-state index in [4.69, 9.17) is 0 Å². The largest absolute Gasteiger partial charge is 0.507 e. The fourth-order valence-corrected chi connectivity index (χ4v) is 1.73. The van der Waals surface area contributed by atoms with Crippen LogP contribution in [-0.4, -0.2) is 15.6 Å². The van der Waals surface area contributed by atoms with E-state index in [1.807, 2.05) is 25.1 Å². The minimum absolute atomic E-state index is 0. The quantitative estimate of drug-likeness (QED) is 0.811. The molecule has 0 aliphatic heterocycles. The molecule has 3 nitrogen and oxygen atoms in total. The Balaban J connectivity index is 0.000000980. The van der Waals surface area contributed by atoms with Crippen molar-refractivity contribution in [1.82, 2.24) is 4.98 Å². The van der Waals surface area contributed by atoms with Crippen molar-refractivity contribution < 1.29 is 10.6 Å². The van der Waals surface area contributed by atoms with E-state index in [0.29, 0.717) is 4.47 Å². The van der Waals surface area contributed by atoms with Gasteiger partial charge in [0.2, 0.25) is 0 Å². The summed E-state index contributed by atoms with van der Waals surface area (Å²) in [6.45, 7) is 1.94. The Labute approximate surface area is 102 Å². The number of rotatable bonds is 0. The molecule has 0 saturated carbocycles. The molecule has 0 aliphatic carbocycles. The van der Waals surface area contributed by atoms with Crippen LogP contribution >= 0.6 is 28.3 Å². The third-order valence-corrected chi connectivity index (χ3v) is 2.76. The topological polar surface area (TPSA) is 64.6 Å². The van der Waals surface area contributed by atoms with Crippen LogP contribution in [0, 0.1) is 6.92 Å². The Hall–Kier alpha value is -0.840. The monoisotopic (exact) mass is 291 g/mol. The molecule has 0 amide bonds. The van der Waals surface area contributed by atoms with E-state index in [1.54, 1.807) is 6.07 Å². The highest BCUT2D eigenvalue weighted by Crippen LogP contribution is 2.31. The molecule has 15 heavy (non-hydrogen) atoms. The van der Waals surface area contributed by atoms with Crippen LogP contribution in [0.4, 0.5) is 0 Å². The van der Waals surface area contributed by atoms with E-state index in [2.05, 4.69) is 20.9 Å². The third-order valence-electron chi connectivity index (χ3n) is 1.92. The number of hydrogen-bond donors (Lipinski definition) is 1. The second-order valence-corrected chi connectivity index (χ2v) is 3.71. The first-order valence-electron chi connectivity index (χ1n) is 3.93. The van der Waals surface area contributed by atoms with Gasteiger partial charge in [0, 0.05) is 11.1 Å². The first-order valence-corrected chi connectivity index (χ1v) is 4.72. The molecule has 1 aromatic heterocycles. The zero-order valence-electron chi connectivity index (χ0n) is 7.99. The Morgan fingerprint density at radius 3 is 2.53 bits per heavy atom. The number of fused-ring (bicyclic) bond motifs is 1. The molecule has 0 aliphatic rings. The molecular weight excluding hydrogens is 281 g/mol. The molecule has 0 bridgehead atoms. The third kappa shape index (κ3) is 2.59. The SMILES string of the molecule is Cc1ccc2c(Br)c(O)ccc2n1.Cl.O. The van der Waals surface area contributed by atoms with Crippen molar-refractivity contribution in [3.05, 3.63) is 34.4 Å². The van der Waals surface area contributed by atoms with Gasteiger partial charge in [-0.3, -0.25) is 4.98 Å². The van der Waals surface area contributed by atoms with Gasteiger partial charge in [0.05, 0.1) is 9.99 Å². The average Bonchev–Trinajstić information content (AvgIpc) is 2.12. The molecule has 2 aromatic rings. The van der Waals surface area contributed by atoms with Crippen LogP contribution in [-0.2, 0) is 0 Å². The fraction of sp³-hybridized carbons (Fsp3) is 0.100. The summed E-state index contributed by atoms with van der Waals surface area (Å²) in [6.07, 6.45) is 0. The zero-order valence-corrected chi connectivity index (χ0v) is 10.4. The fourth-order valence-electron chi connectivity index (χ4n) is 1.26. The maximum Gasteiger partial charge on any atom is 0.130 e. The minimum Gasteiger partial charge on any atom is -0.507 e. The summed E-state index contributed by atoms with van der Waals surface area (Å²) in [5.41, 5.74) is 1.87. The standard InChI is InChI=1S/C10H8BrNO.ClH.H2O/c1-6-2-3-7-8(12-6)4-5-9(13)10(7)11;;/h2-5,13H,1H3;1H;1H2. The Kier molecular flexibility index (Phi) is 5.00. The van der Waals surface area contributed by atoms with E-state index < -0.39 is 0 Å². The summed E-state index contributed by atoms with van der Waals surface area (Å²) < 4.78 is 0.706. The Morgan fingerprint density at radius 1 is 1.20 bits per heavy atom. The summed E-state index contributed by atoms with van der Waals surface area (Å²) in [5, 5.41) is 10.3. The number of nitrogens with zero attached hydrogens (tertiary/aromatic N) is 1. The molecule has 0 saturated heterocycles. The molecule has 3 N–H and O–H groups in total. The van der Waals surface area contributed by atoms with Crippen molar-refractivity contribution in [3.8, 4) is 5.75 Å². The lowest BCUT2D eigenvalue weighted by Crippen LogP contribution is -1.83. The summed E-state index contributed by atoms with van der Waals surface area (Å²) in [6, 6.07) is 7.31. The van der Waals surface area contributed by atoms with E-state index in [1.165, 1.54) is 0 Å². The second kappa shape index (κ2) is 5.30. The van der Waals surface area contributed by atoms with Gasteiger partial charge in [-0.15, -0.1) is 12.4 Å². The van der Waals surface area contributed by atoms with Crippen molar-refractivity contribution in [2.24, 2.45) is 0 Å². The van der Waals surface area contributed by atoms with Crippen LogP contribution < -0.4 is 0 Å². The van der Waals surface area contributed by atoms with E-state index in [9.17, 15) is 5.11 Å². The first kappa shape index (κ1) is 14.2. The van der Waals surface area contributed by atoms with E-state index >= 15 is 0 Å². The lowest BCUT2D eigenvalue weighted by molar-refractivity contribution is 0.473. The molecule has 1 heterocycles. The molecule has 2 rings (SSSR count). The summed E-state index contributed by atoms with van der Waals surface area (Å²) in [5.74, 6) is 0.248. The van der Waals surface area contributed by atoms with Crippen LogP contribution in [0.1, 0.15) is 5.69 Å². The van der Waals surface area contributed by atoms with Gasteiger partial charge < -0.3 is 10.6 Å². The summed E-state index contributed by atoms with van der Waals surface area (Å²) >= 11 is 3.32. The van der Waals surface area contributed by atoms with Crippen LogP contribution in [0.2, 0.25) is 0 Å². The number of aryl methyl sites for hydroxylation is 1. The van der Waals surface area contributed by atoms with Crippen molar-refractivity contribution in [3.63, 3.8) is 0 Å². The Morgan fingerprint density at radius 2 is 1.87 bits per heavy atom. The smallest absolute Gasteiger partial charge is 0.130 e. The van der Waals surface area contributed by atoms with Gasteiger partial charge in [0.15, 0.2) is 0 Å². The minimum atomic E-state index is 0. The number of pyridine rings is 1. The number of phenols is 1. The lowest BCUT2D eigenvalue weighted by atomic mass is 10.2. The highest BCUT2D eigenvalue weighted by atomic mass is 79.9. The zero-order chi connectivity index (χ0) is 9.42. The number of hydrogen-bond acceptors (Lipinski definition) is 2. The molecule has 0 radical (unpaired) electrons. The molecule has 0 fully saturated rings. The van der Waals surface area contributed by atoms with Crippen molar-refractivity contribution in [2.45, 2.75) is 6.92 Å². The maximum atomic E-state index is 9.41. The summed E-state index contributed by atoms with van der Waals surface area (Å²) in [7, 11) is 0. The molecule has 1 aromatic carbocycles. The lowest BCUT2D eigenvalue weighted by Gasteiger charge is -2.02. The number of phenolic OH excluding ortho intramolecular Hbond substituents is 1. The highest BCUT2D eigenvalue weighted by molar-refractivity contribution is 9.10. The van der Waals surface area contributed by atoms with Crippen molar-refractivity contribution in [1.29, 1.82) is 0 Å². The van der Waals surface area contributed by atoms with Crippen molar-refractivity contribution in [2.75, 3.05) is 0 Å². The average molecular weight is 293 g/mol. The molecule has 82 valence electrons. The second-order valence-electron chi connectivity index (χ2n) is 2.92. The normalized spacial score (nSPS) is 9.20. The van der Waals surface area contributed by atoms with E-state index in [-0.39, 0.29) is 23.6 Å².